The van der Waals surface area contributed by atoms with Gasteiger partial charge in [0.15, 0.2) is 11.6 Å². The normalized spacial score (nSPS) is 17.4. The standard InChI is InChI=1S/C42H69N8O12S2.K/c1-2-3-4-5-9-38(54)46-15-17-59-19-22-62-27-40(56)47-16-18-60-20-21-61-26-39(55)45-14-7-6-8-33-36(52)24-49-35(29-64-63-28-32(43)42(58)50-33)37(53)25-48-34(41(44)57)23-30-10-12-31(51)13-11-30;/h10-13,32-35,43,48-49,51H,2-9,14-29H2,1H3,(H2,44,57)(H,45,55)(H,46,54)(H,47,56)(H,50,58);/q-1;+1/t32-,33-,34-,35-;/m0./s1. The van der Waals surface area contributed by atoms with Gasteiger partial charge in [-0.15, -0.1) is 0 Å². The van der Waals surface area contributed by atoms with Gasteiger partial charge in [0.25, 0.3) is 0 Å². The van der Waals surface area contributed by atoms with Gasteiger partial charge in [-0.1, -0.05) is 59.9 Å². The summed E-state index contributed by atoms with van der Waals surface area (Å²) in [6, 6.07) is 2.64. The summed E-state index contributed by atoms with van der Waals surface area (Å²) in [4.78, 5) is 87.3. The first-order chi connectivity index (χ1) is 30.9. The van der Waals surface area contributed by atoms with Crippen LogP contribution in [0.1, 0.15) is 63.9 Å². The van der Waals surface area contributed by atoms with Crippen molar-refractivity contribution in [2.75, 3.05) is 97.1 Å². The van der Waals surface area contributed by atoms with Gasteiger partial charge in [0.1, 0.15) is 19.0 Å². The molecular formula is C42H69KN8O12S2. The van der Waals surface area contributed by atoms with Crippen molar-refractivity contribution in [2.24, 2.45) is 5.73 Å². The summed E-state index contributed by atoms with van der Waals surface area (Å²) in [5.41, 5.74) is 14.6. The molecule has 1 fully saturated rings. The van der Waals surface area contributed by atoms with Gasteiger partial charge in [-0.05, 0) is 61.6 Å². The van der Waals surface area contributed by atoms with E-state index in [0.717, 1.165) is 31.2 Å². The van der Waals surface area contributed by atoms with E-state index in [-0.39, 0.29) is 170 Å². The molecule has 0 unspecified atom stereocenters. The van der Waals surface area contributed by atoms with Crippen LogP contribution in [0.15, 0.2) is 24.3 Å². The van der Waals surface area contributed by atoms with E-state index in [1.54, 1.807) is 12.1 Å². The van der Waals surface area contributed by atoms with Gasteiger partial charge in [-0.2, -0.15) is 0 Å². The number of nitrogens with two attached hydrogens (primary N) is 1. The molecule has 1 aliphatic heterocycles. The topological polar surface area (TPSA) is 299 Å². The molecule has 0 aliphatic carbocycles. The molecule has 0 saturated carbocycles. The van der Waals surface area contributed by atoms with E-state index in [1.165, 1.54) is 33.7 Å². The van der Waals surface area contributed by atoms with E-state index in [9.17, 15) is 38.7 Å². The molecular weight excluding hydrogens is 912 g/mol. The smallest absolute Gasteiger partial charge is 0.666 e. The molecule has 5 amide bonds. The molecule has 65 heavy (non-hydrogen) atoms. The summed E-state index contributed by atoms with van der Waals surface area (Å²) >= 11 is 0. The maximum Gasteiger partial charge on any atom is 1.00 e. The first-order valence-electron chi connectivity index (χ1n) is 21.9. The second kappa shape index (κ2) is 38.7. The number of hydrogen-bond donors (Lipinski definition) is 8. The molecule has 1 saturated heterocycles. The summed E-state index contributed by atoms with van der Waals surface area (Å²) in [6.45, 7) is 3.95. The predicted octanol–water partition coefficient (Wildman–Crippen LogP) is -2.67. The van der Waals surface area contributed by atoms with E-state index < -0.39 is 36.0 Å². The Morgan fingerprint density at radius 3 is 2.03 bits per heavy atom. The number of phenolic OH excluding ortho intramolecular Hbond substituents is 1. The Morgan fingerprint density at radius 2 is 1.40 bits per heavy atom. The van der Waals surface area contributed by atoms with Crippen molar-refractivity contribution in [1.29, 1.82) is 0 Å². The number of benzene rings is 1. The minimum atomic E-state index is -1.12. The number of carbonyl (C=O) groups is 7. The molecule has 1 heterocycles. The molecule has 20 nitrogen and oxygen atoms in total. The number of nitrogens with one attached hydrogen (secondary N) is 7. The van der Waals surface area contributed by atoms with Crippen LogP contribution in [0, 0.1) is 0 Å². The summed E-state index contributed by atoms with van der Waals surface area (Å²) in [6.07, 6.45) is 6.18. The van der Waals surface area contributed by atoms with E-state index in [1.807, 2.05) is 0 Å². The van der Waals surface area contributed by atoms with Crippen LogP contribution in [0.2, 0.25) is 0 Å². The molecule has 0 radical (unpaired) electrons. The first-order valence-corrected chi connectivity index (χ1v) is 24.3. The Kier molecular flexibility index (Phi) is 36.2. The van der Waals surface area contributed by atoms with Crippen LogP contribution in [0.25, 0.3) is 5.73 Å². The summed E-state index contributed by atoms with van der Waals surface area (Å²) in [5.74, 6) is -2.00. The molecule has 10 N–H and O–H groups in total. The quantitative estimate of drug-likeness (QED) is 0.0203. The molecule has 2 rings (SSSR count). The van der Waals surface area contributed by atoms with E-state index in [4.69, 9.17) is 30.4 Å². The number of aromatic hydroxyl groups is 1. The number of rotatable bonds is 33. The first kappa shape index (κ1) is 60.8. The number of ether oxygens (including phenoxy) is 4. The third-order valence-electron chi connectivity index (χ3n) is 9.57. The minimum Gasteiger partial charge on any atom is -0.666 e. The number of ketones is 2. The molecule has 362 valence electrons. The number of carbonyl (C=O) groups excluding carboxylic acids is 7. The Hall–Kier alpha value is -2.23. The zero-order chi connectivity index (χ0) is 46.8. The van der Waals surface area contributed by atoms with Crippen molar-refractivity contribution < 1.29 is 109 Å². The second-order valence-corrected chi connectivity index (χ2v) is 17.5. The molecule has 0 spiro atoms. The van der Waals surface area contributed by atoms with Crippen LogP contribution in [-0.2, 0) is 58.9 Å². The maximum absolute atomic E-state index is 13.3. The SMILES string of the molecule is CCCCCCC(=O)NCCOCCOCC(=O)NCCOCCOCC(=O)NCCCC[C@@H]1NC(=O)[C@@H]([NH-])CSSC[C@@H](C(=O)CN[C@@H](Cc2ccc(O)cc2)C(N)=O)NCC1=O.[K+]. The van der Waals surface area contributed by atoms with Crippen LogP contribution in [0.4, 0.5) is 0 Å². The fraction of sp³-hybridized carbons (Fsp3) is 0.690. The molecule has 0 aromatic heterocycles. The largest absolute Gasteiger partial charge is 1.00 e. The summed E-state index contributed by atoms with van der Waals surface area (Å²) in [5, 5.41) is 26.4. The van der Waals surface area contributed by atoms with Crippen molar-refractivity contribution in [2.45, 2.75) is 88.9 Å². The Labute approximate surface area is 432 Å². The summed E-state index contributed by atoms with van der Waals surface area (Å²) < 4.78 is 21.5. The van der Waals surface area contributed by atoms with E-state index in [2.05, 4.69) is 38.8 Å². The number of unbranched alkanes of at least 4 members (excludes halogenated alkanes) is 4. The fourth-order valence-corrected chi connectivity index (χ4v) is 8.21. The Bertz CT molecular complexity index is 1560. The number of Topliss-reactive ketones (excluding diaryl/α,β-unsaturated/α-hetero) is 2. The third-order valence-corrected chi connectivity index (χ3v) is 12.0. The molecule has 1 aliphatic rings. The minimum absolute atomic E-state index is 0. The van der Waals surface area contributed by atoms with Gasteiger partial charge in [0, 0.05) is 31.8 Å². The number of primary amides is 1. The van der Waals surface area contributed by atoms with Gasteiger partial charge >= 0.3 is 51.4 Å². The predicted molar refractivity (Wildman–Crippen MR) is 244 cm³/mol. The van der Waals surface area contributed by atoms with Gasteiger partial charge in [-0.3, -0.25) is 44.2 Å². The van der Waals surface area contributed by atoms with E-state index >= 15 is 0 Å². The number of amides is 5. The van der Waals surface area contributed by atoms with Crippen molar-refractivity contribution in [3.8, 4) is 5.75 Å². The van der Waals surface area contributed by atoms with Crippen molar-refractivity contribution in [1.82, 2.24) is 31.9 Å². The molecule has 4 atom stereocenters. The third kappa shape index (κ3) is 30.7. The van der Waals surface area contributed by atoms with Gasteiger partial charge in [0.2, 0.25) is 29.5 Å². The van der Waals surface area contributed by atoms with Crippen molar-refractivity contribution in [3.05, 3.63) is 35.6 Å². The number of phenols is 1. The molecule has 1 aromatic carbocycles. The molecule has 0 bridgehead atoms. The van der Waals surface area contributed by atoms with Crippen LogP contribution >= 0.6 is 21.6 Å². The van der Waals surface area contributed by atoms with Crippen LogP contribution in [-0.4, -0.2) is 167 Å². The fourth-order valence-electron chi connectivity index (χ4n) is 5.89. The van der Waals surface area contributed by atoms with Gasteiger partial charge in [0.05, 0.1) is 70.9 Å². The van der Waals surface area contributed by atoms with Gasteiger partial charge < -0.3 is 56.8 Å². The zero-order valence-electron chi connectivity index (χ0n) is 37.9. The summed E-state index contributed by atoms with van der Waals surface area (Å²) in [7, 11) is 2.57. The van der Waals surface area contributed by atoms with Crippen molar-refractivity contribution in [3.63, 3.8) is 0 Å². The second-order valence-electron chi connectivity index (χ2n) is 14.9. The molecule has 23 heteroatoms. The number of hydrogen-bond acceptors (Lipinski definition) is 16. The molecule has 1 aromatic rings. The average molecular weight is 981 g/mol. The van der Waals surface area contributed by atoms with Crippen LogP contribution in [0.5, 0.6) is 5.75 Å². The average Bonchev–Trinajstić information content (AvgIpc) is 3.27. The Balaban J connectivity index is 0.0000211. The van der Waals surface area contributed by atoms with Gasteiger partial charge in [-0.25, -0.2) is 0 Å². The monoisotopic (exact) mass is 980 g/mol. The maximum atomic E-state index is 13.3. The zero-order valence-corrected chi connectivity index (χ0v) is 42.7. The van der Waals surface area contributed by atoms with Crippen LogP contribution < -0.4 is 89.0 Å². The van der Waals surface area contributed by atoms with E-state index in [0.29, 0.717) is 45.6 Å². The Morgan fingerprint density at radius 1 is 0.800 bits per heavy atom. The van der Waals surface area contributed by atoms with Crippen molar-refractivity contribution >= 4 is 62.7 Å². The van der Waals surface area contributed by atoms with Crippen LogP contribution in [0.3, 0.4) is 0 Å².